The average Bonchev–Trinajstić information content (AvgIpc) is 2.44. The van der Waals surface area contributed by atoms with Gasteiger partial charge in [0.05, 0.1) is 5.02 Å². The maximum atomic E-state index is 11.9. The SMILES string of the molecule is Cc1ccc(C)c(NC(=O)COc2cccc(Cl)c2Cl)c1. The normalized spacial score (nSPS) is 10.3. The molecule has 0 bridgehead atoms. The van der Waals surface area contributed by atoms with Gasteiger partial charge in [-0.15, -0.1) is 0 Å². The summed E-state index contributed by atoms with van der Waals surface area (Å²) in [6.07, 6.45) is 0. The number of rotatable bonds is 4. The van der Waals surface area contributed by atoms with Crippen LogP contribution in [0.3, 0.4) is 0 Å². The van der Waals surface area contributed by atoms with Crippen LogP contribution >= 0.6 is 23.2 Å². The van der Waals surface area contributed by atoms with Gasteiger partial charge in [-0.3, -0.25) is 4.79 Å². The Labute approximate surface area is 133 Å². The first-order valence-electron chi connectivity index (χ1n) is 6.41. The molecule has 0 aliphatic carbocycles. The quantitative estimate of drug-likeness (QED) is 0.890. The molecular weight excluding hydrogens is 309 g/mol. The number of ether oxygens (including phenoxy) is 1. The maximum absolute atomic E-state index is 11.9. The zero-order valence-corrected chi connectivity index (χ0v) is 13.3. The summed E-state index contributed by atoms with van der Waals surface area (Å²) in [5.74, 6) is 0.139. The van der Waals surface area contributed by atoms with E-state index in [1.807, 2.05) is 32.0 Å². The minimum atomic E-state index is -0.250. The number of carbonyl (C=O) groups excluding carboxylic acids is 1. The van der Waals surface area contributed by atoms with Gasteiger partial charge < -0.3 is 10.1 Å². The highest BCUT2D eigenvalue weighted by molar-refractivity contribution is 6.42. The van der Waals surface area contributed by atoms with Crippen molar-refractivity contribution in [1.29, 1.82) is 0 Å². The minimum Gasteiger partial charge on any atom is -0.482 e. The van der Waals surface area contributed by atoms with Crippen molar-refractivity contribution in [1.82, 2.24) is 0 Å². The molecular formula is C16H15Cl2NO2. The lowest BCUT2D eigenvalue weighted by Gasteiger charge is -2.11. The van der Waals surface area contributed by atoms with Crippen molar-refractivity contribution in [3.05, 3.63) is 57.6 Å². The van der Waals surface area contributed by atoms with Crippen LogP contribution in [0.4, 0.5) is 5.69 Å². The van der Waals surface area contributed by atoms with Crippen LogP contribution in [0.2, 0.25) is 10.0 Å². The molecule has 0 radical (unpaired) electrons. The lowest BCUT2D eigenvalue weighted by Crippen LogP contribution is -2.20. The molecule has 1 N–H and O–H groups in total. The summed E-state index contributed by atoms with van der Waals surface area (Å²) < 4.78 is 5.39. The monoisotopic (exact) mass is 323 g/mol. The third-order valence-electron chi connectivity index (χ3n) is 2.94. The van der Waals surface area contributed by atoms with Crippen LogP contribution in [-0.4, -0.2) is 12.5 Å². The van der Waals surface area contributed by atoms with E-state index in [2.05, 4.69) is 5.32 Å². The molecule has 0 heterocycles. The van der Waals surface area contributed by atoms with Gasteiger partial charge in [-0.05, 0) is 43.2 Å². The maximum Gasteiger partial charge on any atom is 0.262 e. The van der Waals surface area contributed by atoms with E-state index in [0.29, 0.717) is 15.8 Å². The zero-order valence-electron chi connectivity index (χ0n) is 11.7. The van der Waals surface area contributed by atoms with Gasteiger partial charge in [0.2, 0.25) is 0 Å². The number of carbonyl (C=O) groups is 1. The van der Waals surface area contributed by atoms with E-state index < -0.39 is 0 Å². The Kier molecular flexibility index (Phi) is 5.10. The van der Waals surface area contributed by atoms with Gasteiger partial charge in [0, 0.05) is 5.69 Å². The molecule has 2 aromatic rings. The molecule has 0 atom stereocenters. The number of anilines is 1. The van der Waals surface area contributed by atoms with E-state index in [1.54, 1.807) is 18.2 Å². The fraction of sp³-hybridized carbons (Fsp3) is 0.188. The highest BCUT2D eigenvalue weighted by Gasteiger charge is 2.09. The molecule has 2 aromatic carbocycles. The molecule has 0 unspecified atom stereocenters. The van der Waals surface area contributed by atoms with E-state index in [-0.39, 0.29) is 12.5 Å². The van der Waals surface area contributed by atoms with Crippen LogP contribution < -0.4 is 10.1 Å². The number of benzene rings is 2. The molecule has 0 saturated carbocycles. The van der Waals surface area contributed by atoms with Crippen LogP contribution in [0.5, 0.6) is 5.75 Å². The number of amides is 1. The summed E-state index contributed by atoms with van der Waals surface area (Å²) in [6.45, 7) is 3.77. The second kappa shape index (κ2) is 6.83. The zero-order chi connectivity index (χ0) is 15.4. The molecule has 0 aromatic heterocycles. The Hall–Kier alpha value is -1.71. The Morgan fingerprint density at radius 2 is 1.95 bits per heavy atom. The molecule has 5 heteroatoms. The van der Waals surface area contributed by atoms with E-state index in [9.17, 15) is 4.79 Å². The molecule has 3 nitrogen and oxygen atoms in total. The highest BCUT2D eigenvalue weighted by atomic mass is 35.5. The van der Waals surface area contributed by atoms with Crippen LogP contribution in [0, 0.1) is 13.8 Å². The van der Waals surface area contributed by atoms with Gasteiger partial charge in [0.15, 0.2) is 6.61 Å². The first-order valence-corrected chi connectivity index (χ1v) is 7.17. The fourth-order valence-corrected chi connectivity index (χ4v) is 2.14. The molecule has 0 aliphatic heterocycles. The first kappa shape index (κ1) is 15.7. The number of aryl methyl sites for hydroxylation is 2. The van der Waals surface area contributed by atoms with Crippen molar-refractivity contribution < 1.29 is 9.53 Å². The van der Waals surface area contributed by atoms with Gasteiger partial charge in [-0.2, -0.15) is 0 Å². The molecule has 110 valence electrons. The Morgan fingerprint density at radius 3 is 2.71 bits per heavy atom. The highest BCUT2D eigenvalue weighted by Crippen LogP contribution is 2.31. The predicted molar refractivity (Wildman–Crippen MR) is 86.5 cm³/mol. The smallest absolute Gasteiger partial charge is 0.262 e. The Morgan fingerprint density at radius 1 is 1.19 bits per heavy atom. The van der Waals surface area contributed by atoms with Crippen LogP contribution in [0.15, 0.2) is 36.4 Å². The average molecular weight is 324 g/mol. The fourth-order valence-electron chi connectivity index (χ4n) is 1.80. The van der Waals surface area contributed by atoms with Crippen molar-refractivity contribution in [3.63, 3.8) is 0 Å². The van der Waals surface area contributed by atoms with Gasteiger partial charge in [-0.1, -0.05) is 41.4 Å². The van der Waals surface area contributed by atoms with E-state index >= 15 is 0 Å². The van der Waals surface area contributed by atoms with Crippen molar-refractivity contribution in [2.45, 2.75) is 13.8 Å². The Bertz CT molecular complexity index is 671. The van der Waals surface area contributed by atoms with Crippen molar-refractivity contribution in [2.24, 2.45) is 0 Å². The van der Waals surface area contributed by atoms with E-state index in [1.165, 1.54) is 0 Å². The third kappa shape index (κ3) is 4.13. The van der Waals surface area contributed by atoms with Crippen LogP contribution in [0.25, 0.3) is 0 Å². The topological polar surface area (TPSA) is 38.3 Å². The molecule has 0 aliphatic rings. The second-order valence-corrected chi connectivity index (χ2v) is 5.49. The molecule has 1 amide bonds. The summed E-state index contributed by atoms with van der Waals surface area (Å²) >= 11 is 11.9. The largest absolute Gasteiger partial charge is 0.482 e. The van der Waals surface area contributed by atoms with E-state index in [0.717, 1.165) is 16.8 Å². The number of hydrogen-bond donors (Lipinski definition) is 1. The summed E-state index contributed by atoms with van der Waals surface area (Å²) in [5, 5.41) is 3.51. The van der Waals surface area contributed by atoms with Crippen molar-refractivity contribution >= 4 is 34.8 Å². The van der Waals surface area contributed by atoms with Crippen LogP contribution in [-0.2, 0) is 4.79 Å². The first-order chi connectivity index (χ1) is 9.97. The molecule has 2 rings (SSSR count). The molecule has 0 saturated heterocycles. The summed E-state index contributed by atoms with van der Waals surface area (Å²) in [6, 6.07) is 10.9. The number of halogens is 2. The van der Waals surface area contributed by atoms with Gasteiger partial charge in [0.1, 0.15) is 10.8 Å². The lowest BCUT2D eigenvalue weighted by atomic mass is 10.1. The second-order valence-electron chi connectivity index (χ2n) is 4.71. The van der Waals surface area contributed by atoms with Crippen molar-refractivity contribution in [2.75, 3.05) is 11.9 Å². The number of nitrogens with one attached hydrogen (secondary N) is 1. The molecule has 0 spiro atoms. The van der Waals surface area contributed by atoms with Crippen LogP contribution in [0.1, 0.15) is 11.1 Å². The third-order valence-corrected chi connectivity index (χ3v) is 3.74. The molecule has 21 heavy (non-hydrogen) atoms. The molecule has 0 fully saturated rings. The predicted octanol–water partition coefficient (Wildman–Crippen LogP) is 4.63. The van der Waals surface area contributed by atoms with Gasteiger partial charge in [0.25, 0.3) is 5.91 Å². The summed E-state index contributed by atoms with van der Waals surface area (Å²) in [5.41, 5.74) is 2.85. The Balaban J connectivity index is 1.99. The summed E-state index contributed by atoms with van der Waals surface area (Å²) in [7, 11) is 0. The summed E-state index contributed by atoms with van der Waals surface area (Å²) in [4.78, 5) is 11.9. The van der Waals surface area contributed by atoms with Gasteiger partial charge >= 0.3 is 0 Å². The minimum absolute atomic E-state index is 0.132. The standard InChI is InChI=1S/C16H15Cl2NO2/c1-10-6-7-11(2)13(8-10)19-15(20)9-21-14-5-3-4-12(17)16(14)18/h3-8H,9H2,1-2H3,(H,19,20). The number of hydrogen-bond acceptors (Lipinski definition) is 2. The lowest BCUT2D eigenvalue weighted by molar-refractivity contribution is -0.118. The van der Waals surface area contributed by atoms with E-state index in [4.69, 9.17) is 27.9 Å². The van der Waals surface area contributed by atoms with Gasteiger partial charge in [-0.25, -0.2) is 0 Å². The van der Waals surface area contributed by atoms with Crippen molar-refractivity contribution in [3.8, 4) is 5.75 Å².